The fourth-order valence-electron chi connectivity index (χ4n) is 4.17. The average Bonchev–Trinajstić information content (AvgIpc) is 3.37. The normalized spacial score (nSPS) is 15.8. The van der Waals surface area contributed by atoms with Crippen molar-refractivity contribution in [1.29, 1.82) is 0 Å². The van der Waals surface area contributed by atoms with Crippen molar-refractivity contribution in [2.45, 2.75) is 19.5 Å². The molecule has 4 aromatic rings. The highest BCUT2D eigenvalue weighted by atomic mass is 32.1. The number of nitrogens with zero attached hydrogens (tertiary/aromatic N) is 3. The summed E-state index contributed by atoms with van der Waals surface area (Å²) in [5, 5.41) is 8.20. The molecule has 0 radical (unpaired) electrons. The first-order chi connectivity index (χ1) is 17.0. The van der Waals surface area contributed by atoms with Crippen molar-refractivity contribution in [3.8, 4) is 17.1 Å². The zero-order valence-corrected chi connectivity index (χ0v) is 20.1. The molecular formula is C27H23FN4O2S. The zero-order chi connectivity index (χ0) is 24.4. The fraction of sp³-hybridized carbons (Fsp3) is 0.148. The van der Waals surface area contributed by atoms with Gasteiger partial charge in [0.25, 0.3) is 5.89 Å². The van der Waals surface area contributed by atoms with Gasteiger partial charge < -0.3 is 19.5 Å². The third-order valence-electron chi connectivity index (χ3n) is 5.98. The molecule has 0 spiro atoms. The third-order valence-corrected chi connectivity index (χ3v) is 6.32. The van der Waals surface area contributed by atoms with Gasteiger partial charge in [0.05, 0.1) is 18.7 Å². The molecular weight excluding hydrogens is 463 g/mol. The molecule has 8 heteroatoms. The van der Waals surface area contributed by atoms with E-state index in [0.717, 1.165) is 22.4 Å². The lowest BCUT2D eigenvalue weighted by molar-refractivity contribution is 0.386. The van der Waals surface area contributed by atoms with Crippen molar-refractivity contribution < 1.29 is 13.7 Å². The van der Waals surface area contributed by atoms with Crippen LogP contribution in [0.2, 0.25) is 0 Å². The first kappa shape index (κ1) is 22.7. The van der Waals surface area contributed by atoms with Gasteiger partial charge in [-0.25, -0.2) is 4.39 Å². The van der Waals surface area contributed by atoms with Crippen molar-refractivity contribution in [3.05, 3.63) is 107 Å². The maximum Gasteiger partial charge on any atom is 0.258 e. The van der Waals surface area contributed by atoms with E-state index in [4.69, 9.17) is 21.5 Å². The van der Waals surface area contributed by atoms with E-state index >= 15 is 0 Å². The first-order valence-electron chi connectivity index (χ1n) is 11.1. The molecule has 1 unspecified atom stereocenters. The minimum atomic E-state index is -0.493. The summed E-state index contributed by atoms with van der Waals surface area (Å²) in [6.07, 6.45) is 0. The highest BCUT2D eigenvalue weighted by molar-refractivity contribution is 7.80. The molecule has 0 saturated carbocycles. The van der Waals surface area contributed by atoms with Crippen LogP contribution in [0.1, 0.15) is 30.0 Å². The van der Waals surface area contributed by atoms with Gasteiger partial charge in [-0.2, -0.15) is 4.98 Å². The first-order valence-corrected chi connectivity index (χ1v) is 11.5. The van der Waals surface area contributed by atoms with Gasteiger partial charge in [-0.3, -0.25) is 0 Å². The Morgan fingerprint density at radius 3 is 2.46 bits per heavy atom. The van der Waals surface area contributed by atoms with Crippen molar-refractivity contribution >= 4 is 22.9 Å². The van der Waals surface area contributed by atoms with E-state index in [-0.39, 0.29) is 17.6 Å². The maximum atomic E-state index is 14.3. The van der Waals surface area contributed by atoms with Gasteiger partial charge in [-0.1, -0.05) is 65.8 Å². The molecule has 0 bridgehead atoms. The highest BCUT2D eigenvalue weighted by Crippen LogP contribution is 2.38. The Morgan fingerprint density at radius 2 is 1.77 bits per heavy atom. The molecule has 35 heavy (non-hydrogen) atoms. The van der Waals surface area contributed by atoms with Crippen molar-refractivity contribution in [2.75, 3.05) is 7.11 Å². The summed E-state index contributed by atoms with van der Waals surface area (Å²) < 4.78 is 25.0. The van der Waals surface area contributed by atoms with Gasteiger partial charge in [0.15, 0.2) is 16.7 Å². The number of methoxy groups -OCH3 is 1. The summed E-state index contributed by atoms with van der Waals surface area (Å²) >= 11 is 5.76. The molecule has 5 rings (SSSR count). The van der Waals surface area contributed by atoms with E-state index in [2.05, 4.69) is 27.6 Å². The van der Waals surface area contributed by atoms with Crippen LogP contribution in [0.25, 0.3) is 17.0 Å². The number of nitrogens with one attached hydrogen (secondary N) is 1. The highest BCUT2D eigenvalue weighted by Gasteiger charge is 2.34. The molecule has 1 aliphatic rings. The van der Waals surface area contributed by atoms with Crippen LogP contribution in [0, 0.1) is 5.82 Å². The number of thiocarbonyl (C=S) groups is 1. The molecule has 1 N–H and O–H groups in total. The average molecular weight is 487 g/mol. The van der Waals surface area contributed by atoms with Crippen LogP contribution < -0.4 is 10.1 Å². The minimum Gasteiger partial charge on any atom is -0.494 e. The number of hydrogen-bond acceptors (Lipinski definition) is 5. The van der Waals surface area contributed by atoms with Crippen molar-refractivity contribution in [1.82, 2.24) is 20.4 Å². The smallest absolute Gasteiger partial charge is 0.258 e. The number of allylic oxidation sites excluding steroid dienone is 1. The SMILES string of the molecule is COc1ccc(-c2noc(C3=C(C)N(Cc4ccccc4)C(=S)NC3c3ccccc3)n2)cc1F. The summed E-state index contributed by atoms with van der Waals surface area (Å²) in [7, 11) is 1.42. The standard InChI is InChI=1S/C27H23FN4O2S/c1-17-23(26-30-25(31-34-26)20-13-14-22(33-2)21(28)15-20)24(19-11-7-4-8-12-19)29-27(35)32(17)16-18-9-5-3-6-10-18/h3-15,24H,16H2,1-2H3,(H,29,35). The summed E-state index contributed by atoms with van der Waals surface area (Å²) in [5.74, 6) is 0.293. The van der Waals surface area contributed by atoms with E-state index in [1.165, 1.54) is 13.2 Å². The van der Waals surface area contributed by atoms with Crippen LogP contribution in [0.4, 0.5) is 4.39 Å². The Labute approximate surface area is 208 Å². The van der Waals surface area contributed by atoms with E-state index in [0.29, 0.717) is 23.1 Å². The summed E-state index contributed by atoms with van der Waals surface area (Å²) in [4.78, 5) is 6.66. The molecule has 0 aliphatic carbocycles. The Hall–Kier alpha value is -4.04. The number of halogens is 1. The molecule has 6 nitrogen and oxygen atoms in total. The summed E-state index contributed by atoms with van der Waals surface area (Å²) in [5.41, 5.74) is 4.34. The number of benzene rings is 3. The lowest BCUT2D eigenvalue weighted by atomic mass is 9.94. The Morgan fingerprint density at radius 1 is 1.06 bits per heavy atom. The molecule has 0 amide bonds. The molecule has 0 saturated heterocycles. The second-order valence-electron chi connectivity index (χ2n) is 8.14. The van der Waals surface area contributed by atoms with Gasteiger partial charge in [-0.05, 0) is 48.5 Å². The largest absolute Gasteiger partial charge is 0.494 e. The number of ether oxygens (including phenoxy) is 1. The molecule has 3 aromatic carbocycles. The van der Waals surface area contributed by atoms with Crippen LogP contribution in [-0.4, -0.2) is 27.3 Å². The van der Waals surface area contributed by atoms with Gasteiger partial charge in [0.2, 0.25) is 5.82 Å². The maximum absolute atomic E-state index is 14.3. The predicted octanol–water partition coefficient (Wildman–Crippen LogP) is 5.75. The van der Waals surface area contributed by atoms with Crippen LogP contribution in [0.5, 0.6) is 5.75 Å². The van der Waals surface area contributed by atoms with Gasteiger partial charge in [0, 0.05) is 17.8 Å². The minimum absolute atomic E-state index is 0.154. The van der Waals surface area contributed by atoms with E-state index < -0.39 is 5.82 Å². The monoisotopic (exact) mass is 486 g/mol. The van der Waals surface area contributed by atoms with Crippen molar-refractivity contribution in [3.63, 3.8) is 0 Å². The van der Waals surface area contributed by atoms with E-state index in [1.54, 1.807) is 12.1 Å². The van der Waals surface area contributed by atoms with Crippen LogP contribution in [0.3, 0.4) is 0 Å². The Balaban J connectivity index is 1.58. The van der Waals surface area contributed by atoms with Crippen molar-refractivity contribution in [2.24, 2.45) is 0 Å². The summed E-state index contributed by atoms with van der Waals surface area (Å²) in [6.45, 7) is 2.59. The Kier molecular flexibility index (Phi) is 6.29. The second kappa shape index (κ2) is 9.68. The number of rotatable bonds is 6. The second-order valence-corrected chi connectivity index (χ2v) is 8.52. The van der Waals surface area contributed by atoms with E-state index in [1.807, 2.05) is 60.4 Å². The molecule has 2 heterocycles. The van der Waals surface area contributed by atoms with E-state index in [9.17, 15) is 4.39 Å². The summed E-state index contributed by atoms with van der Waals surface area (Å²) in [6, 6.07) is 24.4. The zero-order valence-electron chi connectivity index (χ0n) is 19.2. The van der Waals surface area contributed by atoms with Crippen LogP contribution in [-0.2, 0) is 6.54 Å². The number of aromatic nitrogens is 2. The van der Waals surface area contributed by atoms with Crippen LogP contribution in [0.15, 0.2) is 89.1 Å². The lowest BCUT2D eigenvalue weighted by Gasteiger charge is -2.37. The quantitative estimate of drug-likeness (QED) is 0.348. The molecule has 1 aliphatic heterocycles. The number of hydrogen-bond donors (Lipinski definition) is 1. The molecule has 1 aromatic heterocycles. The van der Waals surface area contributed by atoms with Gasteiger partial charge in [0.1, 0.15) is 0 Å². The topological polar surface area (TPSA) is 63.4 Å². The fourth-order valence-corrected chi connectivity index (χ4v) is 4.49. The molecule has 1 atom stereocenters. The molecule has 0 fully saturated rings. The van der Waals surface area contributed by atoms with Gasteiger partial charge in [-0.15, -0.1) is 0 Å². The Bertz CT molecular complexity index is 1390. The van der Waals surface area contributed by atoms with Gasteiger partial charge >= 0.3 is 0 Å². The predicted molar refractivity (Wildman–Crippen MR) is 136 cm³/mol. The lowest BCUT2D eigenvalue weighted by Crippen LogP contribution is -2.45. The van der Waals surface area contributed by atoms with Crippen LogP contribution >= 0.6 is 12.2 Å². The third kappa shape index (κ3) is 4.52. The molecule has 176 valence electrons.